The van der Waals surface area contributed by atoms with Gasteiger partial charge in [0.1, 0.15) is 11.3 Å². The lowest BCUT2D eigenvalue weighted by Crippen LogP contribution is -2.27. The average molecular weight is 290 g/mol. The zero-order valence-electron chi connectivity index (χ0n) is 12.5. The van der Waals surface area contributed by atoms with E-state index in [1.54, 1.807) is 14.2 Å². The number of fused-ring (bicyclic) bond motifs is 1. The molecule has 0 amide bonds. The molecule has 1 aromatic heterocycles. The second-order valence-electron chi connectivity index (χ2n) is 5.45. The number of hydrogen-bond donors (Lipinski definition) is 1. The van der Waals surface area contributed by atoms with Gasteiger partial charge in [-0.05, 0) is 6.07 Å². The van der Waals surface area contributed by atoms with Crippen LogP contribution in [0.5, 0.6) is 0 Å². The molecule has 1 aliphatic heterocycles. The fraction of sp³-hybridized carbons (Fsp3) is 0.500. The number of benzene rings is 1. The van der Waals surface area contributed by atoms with Gasteiger partial charge in [-0.2, -0.15) is 0 Å². The second kappa shape index (κ2) is 6.15. The van der Waals surface area contributed by atoms with Crippen LogP contribution in [0.25, 0.3) is 11.0 Å². The van der Waals surface area contributed by atoms with Crippen molar-refractivity contribution < 1.29 is 13.9 Å². The largest absolute Gasteiger partial charge is 0.459 e. The summed E-state index contributed by atoms with van der Waals surface area (Å²) in [6.07, 6.45) is 0.240. The van der Waals surface area contributed by atoms with Crippen molar-refractivity contribution in [3.05, 3.63) is 35.6 Å². The minimum Gasteiger partial charge on any atom is -0.459 e. The van der Waals surface area contributed by atoms with Crippen molar-refractivity contribution in [2.24, 2.45) is 5.73 Å². The summed E-state index contributed by atoms with van der Waals surface area (Å²) in [5.74, 6) is 0.867. The highest BCUT2D eigenvalue weighted by molar-refractivity contribution is 5.82. The van der Waals surface area contributed by atoms with Gasteiger partial charge in [-0.15, -0.1) is 0 Å². The van der Waals surface area contributed by atoms with Gasteiger partial charge >= 0.3 is 0 Å². The van der Waals surface area contributed by atoms with E-state index in [-0.39, 0.29) is 12.2 Å². The van der Waals surface area contributed by atoms with Crippen molar-refractivity contribution in [1.29, 1.82) is 0 Å². The number of likely N-dealkylation sites (tertiary alicyclic amines) is 1. The van der Waals surface area contributed by atoms with Crippen LogP contribution >= 0.6 is 0 Å². The molecule has 2 unspecified atom stereocenters. The number of nitrogens with two attached hydrogens (primary N) is 1. The van der Waals surface area contributed by atoms with Crippen LogP contribution in [-0.4, -0.2) is 44.4 Å². The van der Waals surface area contributed by atoms with Crippen LogP contribution in [-0.2, 0) is 22.6 Å². The molecule has 0 aliphatic carbocycles. The third kappa shape index (κ3) is 2.70. The molecule has 1 aliphatic rings. The fourth-order valence-corrected chi connectivity index (χ4v) is 3.11. The number of hydrogen-bond acceptors (Lipinski definition) is 5. The van der Waals surface area contributed by atoms with Crippen molar-refractivity contribution >= 4 is 11.0 Å². The first-order chi connectivity index (χ1) is 10.3. The lowest BCUT2D eigenvalue weighted by atomic mass is 10.1. The quantitative estimate of drug-likeness (QED) is 0.909. The summed E-state index contributed by atoms with van der Waals surface area (Å²) in [6.45, 7) is 2.94. The topological polar surface area (TPSA) is 60.9 Å². The molecule has 2 heterocycles. The van der Waals surface area contributed by atoms with Crippen LogP contribution in [0, 0.1) is 0 Å². The first kappa shape index (κ1) is 14.5. The standard InChI is InChI=1S/C16H22N2O3/c1-19-15-9-18(10-16(15)20-2)8-12-11-5-3-4-6-13(11)21-14(12)7-17/h3-6,15-16H,7-10,17H2,1-2H3. The Kier molecular flexibility index (Phi) is 4.26. The van der Waals surface area contributed by atoms with Crippen LogP contribution in [0.1, 0.15) is 11.3 Å². The summed E-state index contributed by atoms with van der Waals surface area (Å²) in [5, 5.41) is 1.15. The van der Waals surface area contributed by atoms with Crippen LogP contribution in [0.15, 0.2) is 28.7 Å². The molecule has 2 atom stereocenters. The Bertz CT molecular complexity index is 599. The normalized spacial score (nSPS) is 23.2. The van der Waals surface area contributed by atoms with Crippen LogP contribution in [0.3, 0.4) is 0 Å². The minimum atomic E-state index is 0.120. The monoisotopic (exact) mass is 290 g/mol. The Morgan fingerprint density at radius 2 is 1.86 bits per heavy atom. The molecule has 0 bridgehead atoms. The minimum absolute atomic E-state index is 0.120. The van der Waals surface area contributed by atoms with Crippen molar-refractivity contribution in [3.8, 4) is 0 Å². The van der Waals surface area contributed by atoms with E-state index < -0.39 is 0 Å². The molecular weight excluding hydrogens is 268 g/mol. The molecule has 1 saturated heterocycles. The van der Waals surface area contributed by atoms with E-state index in [2.05, 4.69) is 11.0 Å². The summed E-state index contributed by atoms with van der Waals surface area (Å²) in [4.78, 5) is 2.33. The molecule has 2 N–H and O–H groups in total. The maximum Gasteiger partial charge on any atom is 0.134 e. The molecule has 21 heavy (non-hydrogen) atoms. The van der Waals surface area contributed by atoms with E-state index in [9.17, 15) is 0 Å². The van der Waals surface area contributed by atoms with E-state index in [4.69, 9.17) is 19.6 Å². The number of ether oxygens (including phenoxy) is 2. The van der Waals surface area contributed by atoms with Gasteiger partial charge in [-0.25, -0.2) is 0 Å². The van der Waals surface area contributed by atoms with Gasteiger partial charge in [0.2, 0.25) is 0 Å². The number of nitrogens with zero attached hydrogens (tertiary/aromatic N) is 1. The Hall–Kier alpha value is -1.40. The molecule has 0 saturated carbocycles. The molecule has 2 aromatic rings. The van der Waals surface area contributed by atoms with E-state index in [1.165, 1.54) is 5.56 Å². The Morgan fingerprint density at radius 3 is 2.48 bits per heavy atom. The van der Waals surface area contributed by atoms with Crippen molar-refractivity contribution in [2.45, 2.75) is 25.3 Å². The second-order valence-corrected chi connectivity index (χ2v) is 5.45. The highest BCUT2D eigenvalue weighted by atomic mass is 16.5. The smallest absolute Gasteiger partial charge is 0.134 e. The van der Waals surface area contributed by atoms with E-state index in [0.717, 1.165) is 36.4 Å². The summed E-state index contributed by atoms with van der Waals surface area (Å²) in [7, 11) is 3.47. The zero-order valence-corrected chi connectivity index (χ0v) is 12.5. The van der Waals surface area contributed by atoms with E-state index in [1.807, 2.05) is 18.2 Å². The first-order valence-electron chi connectivity index (χ1n) is 7.24. The maximum atomic E-state index is 5.85. The number of para-hydroxylation sites is 1. The molecule has 114 valence electrons. The third-order valence-electron chi connectivity index (χ3n) is 4.25. The lowest BCUT2D eigenvalue weighted by molar-refractivity contribution is -0.00461. The summed E-state index contributed by atoms with van der Waals surface area (Å²) in [5.41, 5.74) is 7.92. The summed E-state index contributed by atoms with van der Waals surface area (Å²) in [6, 6.07) is 8.08. The Morgan fingerprint density at radius 1 is 1.19 bits per heavy atom. The zero-order chi connectivity index (χ0) is 14.8. The lowest BCUT2D eigenvalue weighted by Gasteiger charge is -2.15. The van der Waals surface area contributed by atoms with Crippen LogP contribution in [0.2, 0.25) is 0 Å². The van der Waals surface area contributed by atoms with Gasteiger partial charge in [0, 0.05) is 44.8 Å². The van der Waals surface area contributed by atoms with Crippen molar-refractivity contribution in [1.82, 2.24) is 4.90 Å². The molecular formula is C16H22N2O3. The van der Waals surface area contributed by atoms with Crippen LogP contribution in [0.4, 0.5) is 0 Å². The van der Waals surface area contributed by atoms with E-state index in [0.29, 0.717) is 6.54 Å². The van der Waals surface area contributed by atoms with Crippen molar-refractivity contribution in [2.75, 3.05) is 27.3 Å². The van der Waals surface area contributed by atoms with Gasteiger partial charge < -0.3 is 19.6 Å². The van der Waals surface area contributed by atoms with Crippen LogP contribution < -0.4 is 5.73 Å². The van der Waals surface area contributed by atoms with Gasteiger partial charge in [-0.3, -0.25) is 4.90 Å². The van der Waals surface area contributed by atoms with Crippen molar-refractivity contribution in [3.63, 3.8) is 0 Å². The molecule has 1 fully saturated rings. The predicted molar refractivity (Wildman–Crippen MR) is 81.0 cm³/mol. The SMILES string of the molecule is COC1CN(Cc2c(CN)oc3ccccc23)CC1OC. The fourth-order valence-electron chi connectivity index (χ4n) is 3.11. The maximum absolute atomic E-state index is 5.85. The summed E-state index contributed by atoms with van der Waals surface area (Å²) >= 11 is 0. The van der Waals surface area contributed by atoms with Gasteiger partial charge in [0.15, 0.2) is 0 Å². The third-order valence-corrected chi connectivity index (χ3v) is 4.25. The van der Waals surface area contributed by atoms with E-state index >= 15 is 0 Å². The molecule has 1 aromatic carbocycles. The van der Waals surface area contributed by atoms with Gasteiger partial charge in [-0.1, -0.05) is 18.2 Å². The highest BCUT2D eigenvalue weighted by Crippen LogP contribution is 2.28. The average Bonchev–Trinajstić information content (AvgIpc) is 3.08. The predicted octanol–water partition coefficient (Wildman–Crippen LogP) is 1.74. The molecule has 0 spiro atoms. The number of furan rings is 1. The van der Waals surface area contributed by atoms with Gasteiger partial charge in [0.25, 0.3) is 0 Å². The first-order valence-corrected chi connectivity index (χ1v) is 7.24. The Labute approximate surface area is 124 Å². The molecule has 5 nitrogen and oxygen atoms in total. The summed E-state index contributed by atoms with van der Waals surface area (Å²) < 4.78 is 16.8. The molecule has 3 rings (SSSR count). The molecule has 0 radical (unpaired) electrons. The Balaban J connectivity index is 1.85. The highest BCUT2D eigenvalue weighted by Gasteiger charge is 2.33. The molecule has 5 heteroatoms. The number of rotatable bonds is 5. The van der Waals surface area contributed by atoms with Gasteiger partial charge in [0.05, 0.1) is 18.8 Å². The number of methoxy groups -OCH3 is 2.